The van der Waals surface area contributed by atoms with Crippen molar-refractivity contribution >= 4 is 11.6 Å². The van der Waals surface area contributed by atoms with Crippen LogP contribution in [-0.4, -0.2) is 10.9 Å². The Balaban J connectivity index is 1.98. The van der Waals surface area contributed by atoms with Crippen molar-refractivity contribution in [2.45, 2.75) is 6.42 Å². The van der Waals surface area contributed by atoms with Crippen molar-refractivity contribution < 1.29 is 13.6 Å². The first kappa shape index (κ1) is 12.2. The summed E-state index contributed by atoms with van der Waals surface area (Å²) in [4.78, 5) is 15.0. The minimum Gasteiger partial charge on any atom is -0.324 e. The van der Waals surface area contributed by atoms with E-state index in [0.29, 0.717) is 11.3 Å². The number of carbonyl (C=O) groups excluding carboxylic acids is 1. The second-order valence-electron chi connectivity index (χ2n) is 3.72. The summed E-state index contributed by atoms with van der Waals surface area (Å²) in [6, 6.07) is 8.36. The third-order valence-corrected chi connectivity index (χ3v) is 2.26. The maximum atomic E-state index is 12.9. The largest absolute Gasteiger partial charge is 0.324 e. The van der Waals surface area contributed by atoms with Crippen molar-refractivity contribution in [1.82, 2.24) is 4.98 Å². The molecule has 0 radical (unpaired) electrons. The first-order valence-corrected chi connectivity index (χ1v) is 5.29. The smallest absolute Gasteiger partial charge is 0.228 e. The van der Waals surface area contributed by atoms with E-state index in [1.807, 2.05) is 0 Å². The summed E-state index contributed by atoms with van der Waals surface area (Å²) in [6.07, 6.45) is 1.27. The lowest BCUT2D eigenvalue weighted by Crippen LogP contribution is -2.14. The van der Waals surface area contributed by atoms with Crippen LogP contribution in [0.3, 0.4) is 0 Å². The molecule has 5 heteroatoms. The lowest BCUT2D eigenvalue weighted by atomic mass is 10.1. The molecular weight excluding hydrogens is 238 g/mol. The molecule has 0 aliphatic carbocycles. The molecule has 1 amide bonds. The van der Waals surface area contributed by atoms with Crippen LogP contribution in [0.5, 0.6) is 0 Å². The molecule has 2 rings (SSSR count). The van der Waals surface area contributed by atoms with Crippen LogP contribution in [0.25, 0.3) is 0 Å². The van der Waals surface area contributed by atoms with Gasteiger partial charge in [-0.15, -0.1) is 0 Å². The van der Waals surface area contributed by atoms with Crippen LogP contribution >= 0.6 is 0 Å². The van der Waals surface area contributed by atoms with Gasteiger partial charge in [0.25, 0.3) is 0 Å². The molecule has 2 aromatic rings. The highest BCUT2D eigenvalue weighted by molar-refractivity contribution is 5.92. The Bertz CT molecular complexity index is 555. The van der Waals surface area contributed by atoms with Gasteiger partial charge in [-0.2, -0.15) is 4.39 Å². The Morgan fingerprint density at radius 3 is 2.72 bits per heavy atom. The highest BCUT2D eigenvalue weighted by atomic mass is 19.1. The van der Waals surface area contributed by atoms with Gasteiger partial charge in [-0.1, -0.05) is 12.1 Å². The van der Waals surface area contributed by atoms with E-state index in [-0.39, 0.29) is 18.1 Å². The average Bonchev–Trinajstić information content (AvgIpc) is 2.32. The number of nitrogens with one attached hydrogen (secondary N) is 1. The van der Waals surface area contributed by atoms with Crippen LogP contribution in [0.1, 0.15) is 5.56 Å². The standard InChI is InChI=1S/C13H10F2N2O/c14-10-3-1-2-9(6-10)7-13(18)17-11-4-5-12(15)16-8-11/h1-6,8H,7H2,(H,17,18). The first-order chi connectivity index (χ1) is 8.63. The van der Waals surface area contributed by atoms with Crippen molar-refractivity contribution in [3.8, 4) is 0 Å². The van der Waals surface area contributed by atoms with Gasteiger partial charge in [0.1, 0.15) is 5.82 Å². The van der Waals surface area contributed by atoms with E-state index >= 15 is 0 Å². The number of hydrogen-bond acceptors (Lipinski definition) is 2. The number of pyridine rings is 1. The number of nitrogens with zero attached hydrogens (tertiary/aromatic N) is 1. The van der Waals surface area contributed by atoms with Crippen LogP contribution in [-0.2, 0) is 11.2 Å². The van der Waals surface area contributed by atoms with E-state index in [1.165, 1.54) is 30.5 Å². The number of carbonyl (C=O) groups is 1. The summed E-state index contributed by atoms with van der Waals surface area (Å²) in [5.41, 5.74) is 0.973. The fourth-order valence-corrected chi connectivity index (χ4v) is 1.49. The average molecular weight is 248 g/mol. The molecule has 18 heavy (non-hydrogen) atoms. The normalized spacial score (nSPS) is 10.1. The lowest BCUT2D eigenvalue weighted by Gasteiger charge is -2.04. The van der Waals surface area contributed by atoms with E-state index in [0.717, 1.165) is 6.07 Å². The Kier molecular flexibility index (Phi) is 3.62. The molecule has 0 aliphatic heterocycles. The Morgan fingerprint density at radius 1 is 1.22 bits per heavy atom. The van der Waals surface area contributed by atoms with Crippen LogP contribution in [0.4, 0.5) is 14.5 Å². The van der Waals surface area contributed by atoms with Crippen LogP contribution in [0, 0.1) is 11.8 Å². The predicted octanol–water partition coefficient (Wildman–Crippen LogP) is 2.54. The molecule has 0 saturated carbocycles. The van der Waals surface area contributed by atoms with Crippen LogP contribution < -0.4 is 5.32 Å². The third kappa shape index (κ3) is 3.35. The molecule has 1 heterocycles. The SMILES string of the molecule is O=C(Cc1cccc(F)c1)Nc1ccc(F)nc1. The Labute approximate surface area is 102 Å². The maximum absolute atomic E-state index is 12.9. The molecule has 0 fully saturated rings. The van der Waals surface area contributed by atoms with Crippen molar-refractivity contribution in [3.05, 3.63) is 59.9 Å². The zero-order chi connectivity index (χ0) is 13.0. The molecule has 0 bridgehead atoms. The van der Waals surface area contributed by atoms with Crippen molar-refractivity contribution in [2.24, 2.45) is 0 Å². The Hall–Kier alpha value is -2.30. The summed E-state index contributed by atoms with van der Waals surface area (Å²) in [7, 11) is 0. The zero-order valence-electron chi connectivity index (χ0n) is 9.36. The predicted molar refractivity (Wildman–Crippen MR) is 62.9 cm³/mol. The summed E-state index contributed by atoms with van der Waals surface area (Å²) in [5, 5.41) is 2.55. The maximum Gasteiger partial charge on any atom is 0.228 e. The number of rotatable bonds is 3. The van der Waals surface area contributed by atoms with Gasteiger partial charge in [0.15, 0.2) is 0 Å². The summed E-state index contributed by atoms with van der Waals surface area (Å²) in [5.74, 6) is -1.31. The molecule has 0 spiro atoms. The number of anilines is 1. The molecule has 1 aromatic heterocycles. The zero-order valence-corrected chi connectivity index (χ0v) is 9.36. The lowest BCUT2D eigenvalue weighted by molar-refractivity contribution is -0.115. The summed E-state index contributed by atoms with van der Waals surface area (Å²) >= 11 is 0. The fourth-order valence-electron chi connectivity index (χ4n) is 1.49. The number of hydrogen-bond donors (Lipinski definition) is 1. The molecule has 0 saturated heterocycles. The van der Waals surface area contributed by atoms with Gasteiger partial charge in [0.2, 0.25) is 11.9 Å². The molecular formula is C13H10F2N2O. The fraction of sp³-hybridized carbons (Fsp3) is 0.0769. The molecule has 3 nitrogen and oxygen atoms in total. The van der Waals surface area contributed by atoms with Gasteiger partial charge in [-0.05, 0) is 29.8 Å². The molecule has 1 N–H and O–H groups in total. The molecule has 0 atom stereocenters. The quantitative estimate of drug-likeness (QED) is 0.848. The minimum atomic E-state index is -0.613. The second-order valence-corrected chi connectivity index (χ2v) is 3.72. The molecule has 92 valence electrons. The highest BCUT2D eigenvalue weighted by Crippen LogP contribution is 2.08. The topological polar surface area (TPSA) is 42.0 Å². The number of benzene rings is 1. The van der Waals surface area contributed by atoms with E-state index in [2.05, 4.69) is 10.3 Å². The molecule has 0 aliphatic rings. The highest BCUT2D eigenvalue weighted by Gasteiger charge is 2.05. The van der Waals surface area contributed by atoms with Gasteiger partial charge < -0.3 is 5.32 Å². The van der Waals surface area contributed by atoms with E-state index < -0.39 is 5.95 Å². The minimum absolute atomic E-state index is 0.0507. The number of aromatic nitrogens is 1. The van der Waals surface area contributed by atoms with Crippen molar-refractivity contribution in [3.63, 3.8) is 0 Å². The third-order valence-electron chi connectivity index (χ3n) is 2.26. The van der Waals surface area contributed by atoms with Crippen molar-refractivity contribution in [1.29, 1.82) is 0 Å². The van der Waals surface area contributed by atoms with E-state index in [9.17, 15) is 13.6 Å². The Morgan fingerprint density at radius 2 is 2.06 bits per heavy atom. The van der Waals surface area contributed by atoms with E-state index in [1.54, 1.807) is 6.07 Å². The van der Waals surface area contributed by atoms with Gasteiger partial charge in [-0.3, -0.25) is 4.79 Å². The van der Waals surface area contributed by atoms with Gasteiger partial charge in [-0.25, -0.2) is 9.37 Å². The summed E-state index contributed by atoms with van der Waals surface area (Å²) in [6.45, 7) is 0. The molecule has 0 unspecified atom stereocenters. The summed E-state index contributed by atoms with van der Waals surface area (Å²) < 4.78 is 25.5. The first-order valence-electron chi connectivity index (χ1n) is 5.29. The number of halogens is 2. The van der Waals surface area contributed by atoms with Crippen LogP contribution in [0.15, 0.2) is 42.6 Å². The molecule has 1 aromatic carbocycles. The van der Waals surface area contributed by atoms with Gasteiger partial charge in [0.05, 0.1) is 18.3 Å². The van der Waals surface area contributed by atoms with E-state index in [4.69, 9.17) is 0 Å². The van der Waals surface area contributed by atoms with Gasteiger partial charge >= 0.3 is 0 Å². The van der Waals surface area contributed by atoms with Crippen molar-refractivity contribution in [2.75, 3.05) is 5.32 Å². The number of amides is 1. The van der Waals surface area contributed by atoms with Gasteiger partial charge in [0, 0.05) is 0 Å². The second kappa shape index (κ2) is 5.35. The van der Waals surface area contributed by atoms with Crippen LogP contribution in [0.2, 0.25) is 0 Å². The monoisotopic (exact) mass is 248 g/mol.